The lowest BCUT2D eigenvalue weighted by Gasteiger charge is -2.31. The summed E-state index contributed by atoms with van der Waals surface area (Å²) in [4.78, 5) is 15.2. The molecule has 0 aromatic carbocycles. The van der Waals surface area contributed by atoms with Crippen molar-refractivity contribution < 1.29 is 4.79 Å². The van der Waals surface area contributed by atoms with Crippen molar-refractivity contribution >= 4 is 40.9 Å². The van der Waals surface area contributed by atoms with Crippen molar-refractivity contribution in [2.24, 2.45) is 0 Å². The first-order chi connectivity index (χ1) is 10.3. The highest BCUT2D eigenvalue weighted by Crippen LogP contribution is 2.18. The molecule has 3 heterocycles. The fourth-order valence-corrected chi connectivity index (χ4v) is 3.40. The molecule has 2 aromatic heterocycles. The highest BCUT2D eigenvalue weighted by atomic mass is 32.1. The first-order valence-corrected chi connectivity index (χ1v) is 8.47. The van der Waals surface area contributed by atoms with Crippen LogP contribution in [0.3, 0.4) is 0 Å². The Kier molecular flexibility index (Phi) is 4.62. The molecule has 21 heavy (non-hydrogen) atoms. The molecule has 7 heteroatoms. The van der Waals surface area contributed by atoms with Gasteiger partial charge in [0, 0.05) is 30.1 Å². The number of piperidine rings is 1. The molecule has 0 unspecified atom stereocenters. The van der Waals surface area contributed by atoms with Crippen LogP contribution in [-0.2, 0) is 4.79 Å². The van der Waals surface area contributed by atoms with Crippen molar-refractivity contribution in [1.82, 2.24) is 14.1 Å². The average molecular weight is 320 g/mol. The van der Waals surface area contributed by atoms with Gasteiger partial charge < -0.3 is 10.2 Å². The number of hydrogen-bond donors (Lipinski definition) is 1. The Morgan fingerprint density at radius 2 is 2.29 bits per heavy atom. The molecule has 5 nitrogen and oxygen atoms in total. The Morgan fingerprint density at radius 1 is 1.43 bits per heavy atom. The second-order valence-corrected chi connectivity index (χ2v) is 6.42. The highest BCUT2D eigenvalue weighted by molar-refractivity contribution is 7.10. The highest BCUT2D eigenvalue weighted by Gasteiger charge is 2.21. The van der Waals surface area contributed by atoms with Crippen LogP contribution in [0, 0.1) is 0 Å². The van der Waals surface area contributed by atoms with Crippen molar-refractivity contribution in [3.8, 4) is 0 Å². The predicted molar refractivity (Wildman–Crippen MR) is 86.6 cm³/mol. The number of rotatable bonds is 4. The van der Waals surface area contributed by atoms with Crippen molar-refractivity contribution in [2.75, 3.05) is 18.0 Å². The summed E-state index contributed by atoms with van der Waals surface area (Å²) in [7, 11) is 0. The van der Waals surface area contributed by atoms with Gasteiger partial charge in [-0.1, -0.05) is 6.07 Å². The van der Waals surface area contributed by atoms with Gasteiger partial charge in [0.15, 0.2) is 5.82 Å². The summed E-state index contributed by atoms with van der Waals surface area (Å²) in [5.41, 5.74) is 0. The summed E-state index contributed by atoms with van der Waals surface area (Å²) in [6, 6.07) is 4.22. The lowest BCUT2D eigenvalue weighted by molar-refractivity contribution is -0.117. The lowest BCUT2D eigenvalue weighted by atomic mass is 10.1. The van der Waals surface area contributed by atoms with E-state index in [2.05, 4.69) is 19.0 Å². The molecule has 0 saturated carbocycles. The number of aromatic nitrogens is 2. The van der Waals surface area contributed by atoms with Gasteiger partial charge in [-0.3, -0.25) is 4.79 Å². The van der Waals surface area contributed by atoms with E-state index in [1.165, 1.54) is 11.7 Å². The molecular formula is C14H16N4OS2. The van der Waals surface area contributed by atoms with E-state index in [1.54, 1.807) is 23.6 Å². The summed E-state index contributed by atoms with van der Waals surface area (Å²) in [5.74, 6) is 0.930. The maximum absolute atomic E-state index is 11.9. The summed E-state index contributed by atoms with van der Waals surface area (Å²) < 4.78 is 8.27. The van der Waals surface area contributed by atoms with E-state index < -0.39 is 0 Å². The van der Waals surface area contributed by atoms with Crippen LogP contribution < -0.4 is 10.2 Å². The second-order valence-electron chi connectivity index (χ2n) is 4.88. The SMILES string of the molecule is O=C(C=Cc1cccs1)NC1CCN(c2cnsn2)CC1. The molecule has 1 amide bonds. The van der Waals surface area contributed by atoms with Crippen LogP contribution in [0.2, 0.25) is 0 Å². The first kappa shape index (κ1) is 14.2. The smallest absolute Gasteiger partial charge is 0.244 e. The topological polar surface area (TPSA) is 58.1 Å². The van der Waals surface area contributed by atoms with Crippen LogP contribution in [0.4, 0.5) is 5.82 Å². The number of carbonyl (C=O) groups excluding carboxylic acids is 1. The molecule has 2 aromatic rings. The molecular weight excluding hydrogens is 304 g/mol. The van der Waals surface area contributed by atoms with Gasteiger partial charge in [-0.05, 0) is 30.4 Å². The van der Waals surface area contributed by atoms with E-state index in [0.717, 1.165) is 36.6 Å². The number of amides is 1. The summed E-state index contributed by atoms with van der Waals surface area (Å²) in [6.07, 6.45) is 7.15. The summed E-state index contributed by atoms with van der Waals surface area (Å²) in [6.45, 7) is 1.82. The molecule has 0 spiro atoms. The predicted octanol–water partition coefficient (Wildman–Crippen LogP) is 2.40. The van der Waals surface area contributed by atoms with Gasteiger partial charge in [0.25, 0.3) is 0 Å². The molecule has 1 N–H and O–H groups in total. The van der Waals surface area contributed by atoms with Gasteiger partial charge in [0.1, 0.15) is 0 Å². The fraction of sp³-hybridized carbons (Fsp3) is 0.357. The molecule has 110 valence electrons. The Balaban J connectivity index is 1.46. The van der Waals surface area contributed by atoms with E-state index >= 15 is 0 Å². The number of carbonyl (C=O) groups is 1. The molecule has 1 aliphatic rings. The maximum Gasteiger partial charge on any atom is 0.244 e. The zero-order valence-electron chi connectivity index (χ0n) is 11.4. The van der Waals surface area contributed by atoms with Crippen molar-refractivity contribution in [2.45, 2.75) is 18.9 Å². The normalized spacial score (nSPS) is 16.5. The third kappa shape index (κ3) is 3.89. The molecule has 0 bridgehead atoms. The van der Waals surface area contributed by atoms with Crippen molar-refractivity contribution in [3.05, 3.63) is 34.7 Å². The molecule has 0 aliphatic carbocycles. The van der Waals surface area contributed by atoms with Crippen molar-refractivity contribution in [3.63, 3.8) is 0 Å². The first-order valence-electron chi connectivity index (χ1n) is 6.86. The van der Waals surface area contributed by atoms with Gasteiger partial charge in [0.2, 0.25) is 5.91 Å². The van der Waals surface area contributed by atoms with E-state index in [0.29, 0.717) is 0 Å². The van der Waals surface area contributed by atoms with E-state index in [4.69, 9.17) is 0 Å². The summed E-state index contributed by atoms with van der Waals surface area (Å²) in [5, 5.41) is 5.07. The van der Waals surface area contributed by atoms with Crippen molar-refractivity contribution in [1.29, 1.82) is 0 Å². The van der Waals surface area contributed by atoms with Gasteiger partial charge in [0.05, 0.1) is 17.9 Å². The Labute approximate surface area is 131 Å². The Morgan fingerprint density at radius 3 is 2.95 bits per heavy atom. The fourth-order valence-electron chi connectivity index (χ4n) is 2.35. The number of hydrogen-bond acceptors (Lipinski definition) is 6. The largest absolute Gasteiger partial charge is 0.354 e. The molecule has 1 aliphatic heterocycles. The standard InChI is InChI=1S/C14H16N4OS2/c19-14(4-3-12-2-1-9-20-12)16-11-5-7-18(8-6-11)13-10-15-21-17-13/h1-4,9-11H,5-8H2,(H,16,19). The second kappa shape index (κ2) is 6.82. The third-order valence-electron chi connectivity index (χ3n) is 3.46. The van der Waals surface area contributed by atoms with E-state index in [-0.39, 0.29) is 11.9 Å². The molecule has 0 radical (unpaired) electrons. The van der Waals surface area contributed by atoms with Crippen LogP contribution >= 0.6 is 23.1 Å². The van der Waals surface area contributed by atoms with Crippen LogP contribution in [0.5, 0.6) is 0 Å². The number of nitrogens with zero attached hydrogens (tertiary/aromatic N) is 3. The Hall–Kier alpha value is -1.73. The number of anilines is 1. The monoisotopic (exact) mass is 320 g/mol. The van der Waals surface area contributed by atoms with E-state index in [1.807, 2.05) is 23.6 Å². The molecule has 0 atom stereocenters. The average Bonchev–Trinajstić information content (AvgIpc) is 3.19. The van der Waals surface area contributed by atoms with Gasteiger partial charge in [-0.15, -0.1) is 11.3 Å². The zero-order chi connectivity index (χ0) is 14.5. The van der Waals surface area contributed by atoms with Gasteiger partial charge >= 0.3 is 0 Å². The maximum atomic E-state index is 11.9. The molecule has 3 rings (SSSR count). The van der Waals surface area contributed by atoms with Crippen LogP contribution in [0.1, 0.15) is 17.7 Å². The summed E-state index contributed by atoms with van der Waals surface area (Å²) >= 11 is 2.85. The Bertz CT molecular complexity index is 587. The number of nitrogens with one attached hydrogen (secondary N) is 1. The minimum Gasteiger partial charge on any atom is -0.354 e. The zero-order valence-corrected chi connectivity index (χ0v) is 13.1. The van der Waals surface area contributed by atoms with Crippen LogP contribution in [0.15, 0.2) is 29.8 Å². The van der Waals surface area contributed by atoms with Crippen LogP contribution in [0.25, 0.3) is 6.08 Å². The molecule has 1 saturated heterocycles. The van der Waals surface area contributed by atoms with Crippen LogP contribution in [-0.4, -0.2) is 33.8 Å². The van der Waals surface area contributed by atoms with E-state index in [9.17, 15) is 4.79 Å². The van der Waals surface area contributed by atoms with Gasteiger partial charge in [-0.2, -0.15) is 8.75 Å². The minimum absolute atomic E-state index is 0.0165. The lowest BCUT2D eigenvalue weighted by Crippen LogP contribution is -2.44. The quantitative estimate of drug-likeness (QED) is 0.879. The molecule has 1 fully saturated rings. The minimum atomic E-state index is -0.0165. The third-order valence-corrected chi connectivity index (χ3v) is 4.76. The number of thiophene rings is 1. The van der Waals surface area contributed by atoms with Gasteiger partial charge in [-0.25, -0.2) is 0 Å².